The van der Waals surface area contributed by atoms with Crippen LogP contribution in [0.2, 0.25) is 0 Å². The van der Waals surface area contributed by atoms with Crippen LogP contribution in [-0.4, -0.2) is 20.5 Å². The molecule has 0 fully saturated rings. The maximum absolute atomic E-state index is 12.9. The Bertz CT molecular complexity index is 990. The van der Waals surface area contributed by atoms with Crippen LogP contribution in [0.15, 0.2) is 71.8 Å². The monoisotopic (exact) mass is 387 g/mol. The van der Waals surface area contributed by atoms with Gasteiger partial charge in [-0.25, -0.2) is 17.8 Å². The van der Waals surface area contributed by atoms with Crippen molar-refractivity contribution in [3.8, 4) is 5.75 Å². The van der Waals surface area contributed by atoms with Gasteiger partial charge in [0.15, 0.2) is 0 Å². The van der Waals surface area contributed by atoms with Crippen LogP contribution >= 0.6 is 0 Å². The Morgan fingerprint density at radius 1 is 1.00 bits per heavy atom. The molecule has 0 aliphatic heterocycles. The SMILES string of the molecule is COc1ccc(CNc2ccc(NS(=O)(=O)c3ccc(F)cc3)cn2)cc1. The Labute approximate surface area is 157 Å². The molecule has 8 heteroatoms. The predicted octanol–water partition coefficient (Wildman–Crippen LogP) is 3.64. The predicted molar refractivity (Wildman–Crippen MR) is 102 cm³/mol. The van der Waals surface area contributed by atoms with E-state index in [-0.39, 0.29) is 4.90 Å². The van der Waals surface area contributed by atoms with Gasteiger partial charge in [0.2, 0.25) is 0 Å². The molecule has 0 aliphatic carbocycles. The molecule has 1 heterocycles. The molecule has 0 aliphatic rings. The summed E-state index contributed by atoms with van der Waals surface area (Å²) in [6, 6.07) is 15.5. The molecule has 3 rings (SSSR count). The van der Waals surface area contributed by atoms with Gasteiger partial charge in [0.25, 0.3) is 10.0 Å². The van der Waals surface area contributed by atoms with Gasteiger partial charge in [-0.05, 0) is 54.1 Å². The summed E-state index contributed by atoms with van der Waals surface area (Å²) in [4.78, 5) is 4.17. The molecule has 6 nitrogen and oxygen atoms in total. The third-order valence-electron chi connectivity index (χ3n) is 3.77. The molecule has 3 aromatic rings. The van der Waals surface area contributed by atoms with E-state index in [4.69, 9.17) is 4.74 Å². The molecule has 140 valence electrons. The van der Waals surface area contributed by atoms with Gasteiger partial charge in [0, 0.05) is 6.54 Å². The highest BCUT2D eigenvalue weighted by Gasteiger charge is 2.14. The number of aromatic nitrogens is 1. The van der Waals surface area contributed by atoms with E-state index in [0.29, 0.717) is 18.1 Å². The molecule has 0 amide bonds. The van der Waals surface area contributed by atoms with Crippen molar-refractivity contribution in [2.45, 2.75) is 11.4 Å². The number of methoxy groups -OCH3 is 1. The molecule has 2 N–H and O–H groups in total. The third-order valence-corrected chi connectivity index (χ3v) is 5.17. The molecule has 0 radical (unpaired) electrons. The van der Waals surface area contributed by atoms with E-state index in [9.17, 15) is 12.8 Å². The summed E-state index contributed by atoms with van der Waals surface area (Å²) >= 11 is 0. The van der Waals surface area contributed by atoms with E-state index in [2.05, 4.69) is 15.0 Å². The van der Waals surface area contributed by atoms with Crippen molar-refractivity contribution in [1.29, 1.82) is 0 Å². The van der Waals surface area contributed by atoms with Gasteiger partial charge in [-0.2, -0.15) is 0 Å². The third kappa shape index (κ3) is 4.95. The summed E-state index contributed by atoms with van der Waals surface area (Å²) in [6.07, 6.45) is 1.41. The highest BCUT2D eigenvalue weighted by molar-refractivity contribution is 7.92. The summed E-state index contributed by atoms with van der Waals surface area (Å²) in [7, 11) is -2.18. The molecule has 0 unspecified atom stereocenters. The second kappa shape index (κ2) is 8.05. The standard InChI is InChI=1S/C19H18FN3O3S/c1-26-17-7-2-14(3-8-17)12-21-19-11-6-16(13-22-19)23-27(24,25)18-9-4-15(20)5-10-18/h2-11,13,23H,12H2,1H3,(H,21,22). The lowest BCUT2D eigenvalue weighted by Gasteiger charge is -2.10. The molecule has 0 atom stereocenters. The zero-order chi connectivity index (χ0) is 19.3. The fourth-order valence-corrected chi connectivity index (χ4v) is 3.37. The van der Waals surface area contributed by atoms with E-state index in [0.717, 1.165) is 23.4 Å². The van der Waals surface area contributed by atoms with E-state index in [1.165, 1.54) is 18.3 Å². The van der Waals surface area contributed by atoms with Crippen molar-refractivity contribution in [3.63, 3.8) is 0 Å². The van der Waals surface area contributed by atoms with Crippen molar-refractivity contribution >= 4 is 21.5 Å². The van der Waals surface area contributed by atoms with E-state index in [1.807, 2.05) is 24.3 Å². The van der Waals surface area contributed by atoms with Crippen molar-refractivity contribution in [2.24, 2.45) is 0 Å². The normalized spacial score (nSPS) is 11.0. The number of halogens is 1. The fraction of sp³-hybridized carbons (Fsp3) is 0.105. The zero-order valence-electron chi connectivity index (χ0n) is 14.5. The minimum absolute atomic E-state index is 0.0226. The summed E-state index contributed by atoms with van der Waals surface area (Å²) in [5.74, 6) is 0.896. The number of hydrogen-bond acceptors (Lipinski definition) is 5. The van der Waals surface area contributed by atoms with Crippen molar-refractivity contribution in [3.05, 3.63) is 78.2 Å². The number of nitrogens with zero attached hydrogens (tertiary/aromatic N) is 1. The van der Waals surface area contributed by atoms with Crippen LogP contribution in [0, 0.1) is 5.82 Å². The highest BCUT2D eigenvalue weighted by atomic mass is 32.2. The van der Waals surface area contributed by atoms with Crippen molar-refractivity contribution in [1.82, 2.24) is 4.98 Å². The summed E-state index contributed by atoms with van der Waals surface area (Å²) < 4.78 is 45.0. The van der Waals surface area contributed by atoms with Crippen LogP contribution < -0.4 is 14.8 Å². The van der Waals surface area contributed by atoms with Crippen LogP contribution in [0.5, 0.6) is 5.75 Å². The van der Waals surface area contributed by atoms with E-state index >= 15 is 0 Å². The van der Waals surface area contributed by atoms with E-state index in [1.54, 1.807) is 19.2 Å². The summed E-state index contributed by atoms with van der Waals surface area (Å²) in [5.41, 5.74) is 1.37. The van der Waals surface area contributed by atoms with Crippen LogP contribution in [0.1, 0.15) is 5.56 Å². The van der Waals surface area contributed by atoms with Gasteiger partial charge >= 0.3 is 0 Å². The second-order valence-corrected chi connectivity index (χ2v) is 7.38. The first kappa shape index (κ1) is 18.7. The quantitative estimate of drug-likeness (QED) is 0.647. The minimum atomic E-state index is -3.79. The molecule has 0 bridgehead atoms. The number of rotatable bonds is 7. The lowest BCUT2D eigenvalue weighted by molar-refractivity contribution is 0.414. The molecule has 0 spiro atoms. The molecule has 0 saturated carbocycles. The summed E-state index contributed by atoms with van der Waals surface area (Å²) in [6.45, 7) is 0.567. The number of benzene rings is 2. The molecule has 2 aromatic carbocycles. The lowest BCUT2D eigenvalue weighted by Crippen LogP contribution is -2.13. The average Bonchev–Trinajstić information content (AvgIpc) is 2.68. The number of ether oxygens (including phenoxy) is 1. The lowest BCUT2D eigenvalue weighted by atomic mass is 10.2. The van der Waals surface area contributed by atoms with Gasteiger partial charge in [0.05, 0.1) is 23.9 Å². The number of pyridine rings is 1. The minimum Gasteiger partial charge on any atom is -0.497 e. The van der Waals surface area contributed by atoms with Crippen LogP contribution in [0.4, 0.5) is 15.9 Å². The van der Waals surface area contributed by atoms with Crippen LogP contribution in [0.25, 0.3) is 0 Å². The van der Waals surface area contributed by atoms with Crippen molar-refractivity contribution in [2.75, 3.05) is 17.1 Å². The zero-order valence-corrected chi connectivity index (χ0v) is 15.3. The Morgan fingerprint density at radius 2 is 1.70 bits per heavy atom. The Kier molecular flexibility index (Phi) is 5.56. The Morgan fingerprint density at radius 3 is 2.30 bits per heavy atom. The number of nitrogens with one attached hydrogen (secondary N) is 2. The molecule has 1 aromatic heterocycles. The van der Waals surface area contributed by atoms with Gasteiger partial charge in [-0.3, -0.25) is 4.72 Å². The van der Waals surface area contributed by atoms with E-state index < -0.39 is 15.8 Å². The summed E-state index contributed by atoms with van der Waals surface area (Å²) in [5, 5.41) is 3.16. The van der Waals surface area contributed by atoms with Gasteiger partial charge in [-0.15, -0.1) is 0 Å². The molecule has 27 heavy (non-hydrogen) atoms. The molecule has 0 saturated heterocycles. The molecular formula is C19H18FN3O3S. The fourth-order valence-electron chi connectivity index (χ4n) is 2.32. The number of sulfonamides is 1. The average molecular weight is 387 g/mol. The van der Waals surface area contributed by atoms with Gasteiger partial charge < -0.3 is 10.1 Å². The van der Waals surface area contributed by atoms with Crippen molar-refractivity contribution < 1.29 is 17.5 Å². The number of hydrogen-bond donors (Lipinski definition) is 2. The molecular weight excluding hydrogens is 369 g/mol. The van der Waals surface area contributed by atoms with Crippen LogP contribution in [-0.2, 0) is 16.6 Å². The first-order valence-corrected chi connectivity index (χ1v) is 9.56. The maximum atomic E-state index is 12.9. The Balaban J connectivity index is 1.61. The van der Waals surface area contributed by atoms with Gasteiger partial charge in [0.1, 0.15) is 17.4 Å². The highest BCUT2D eigenvalue weighted by Crippen LogP contribution is 2.18. The topological polar surface area (TPSA) is 80.3 Å². The first-order valence-electron chi connectivity index (χ1n) is 8.07. The second-order valence-electron chi connectivity index (χ2n) is 5.69. The first-order chi connectivity index (χ1) is 13.0. The van der Waals surface area contributed by atoms with Crippen LogP contribution in [0.3, 0.4) is 0 Å². The largest absolute Gasteiger partial charge is 0.497 e. The van der Waals surface area contributed by atoms with Gasteiger partial charge in [-0.1, -0.05) is 12.1 Å². The number of anilines is 2. The Hall–Kier alpha value is -3.13. The maximum Gasteiger partial charge on any atom is 0.261 e. The smallest absolute Gasteiger partial charge is 0.261 e.